The molecular formula is C17H21ClN4O. The molecule has 0 saturated carbocycles. The van der Waals surface area contributed by atoms with E-state index in [9.17, 15) is 4.79 Å². The predicted molar refractivity (Wildman–Crippen MR) is 95.3 cm³/mol. The molecular weight excluding hydrogens is 312 g/mol. The van der Waals surface area contributed by atoms with Crippen molar-refractivity contribution < 1.29 is 4.79 Å². The van der Waals surface area contributed by atoms with Gasteiger partial charge in [0.25, 0.3) is 5.91 Å². The highest BCUT2D eigenvalue weighted by Crippen LogP contribution is 2.16. The highest BCUT2D eigenvalue weighted by Gasteiger charge is 2.08. The zero-order valence-corrected chi connectivity index (χ0v) is 14.1. The second-order valence-electron chi connectivity index (χ2n) is 5.48. The fraction of sp³-hybridized carbons (Fsp3) is 0.294. The van der Waals surface area contributed by atoms with Crippen LogP contribution in [-0.2, 0) is 0 Å². The van der Waals surface area contributed by atoms with Crippen LogP contribution in [0.3, 0.4) is 0 Å². The van der Waals surface area contributed by atoms with Crippen molar-refractivity contribution in [3.63, 3.8) is 0 Å². The zero-order valence-electron chi connectivity index (χ0n) is 13.3. The molecule has 0 fully saturated rings. The molecule has 6 heteroatoms. The van der Waals surface area contributed by atoms with Crippen molar-refractivity contribution in [2.45, 2.75) is 6.42 Å². The van der Waals surface area contributed by atoms with E-state index >= 15 is 0 Å². The molecule has 0 unspecified atom stereocenters. The third-order valence-electron chi connectivity index (χ3n) is 3.19. The molecule has 2 aromatic rings. The molecule has 0 spiro atoms. The van der Waals surface area contributed by atoms with Gasteiger partial charge in [0.2, 0.25) is 0 Å². The molecule has 0 bridgehead atoms. The second kappa shape index (κ2) is 8.50. The van der Waals surface area contributed by atoms with E-state index in [1.165, 1.54) is 0 Å². The van der Waals surface area contributed by atoms with Crippen LogP contribution in [0.15, 0.2) is 42.6 Å². The Morgan fingerprint density at radius 3 is 2.78 bits per heavy atom. The number of pyridine rings is 1. The van der Waals surface area contributed by atoms with Crippen molar-refractivity contribution in [2.75, 3.05) is 37.8 Å². The maximum Gasteiger partial charge on any atom is 0.274 e. The summed E-state index contributed by atoms with van der Waals surface area (Å²) in [5.41, 5.74) is 1.89. The van der Waals surface area contributed by atoms with Crippen LogP contribution in [-0.4, -0.2) is 43.0 Å². The van der Waals surface area contributed by atoms with E-state index in [-0.39, 0.29) is 5.91 Å². The number of rotatable bonds is 7. The highest BCUT2D eigenvalue weighted by molar-refractivity contribution is 6.30. The quantitative estimate of drug-likeness (QED) is 0.763. The van der Waals surface area contributed by atoms with Gasteiger partial charge in [-0.25, -0.2) is 0 Å². The number of amides is 1. The van der Waals surface area contributed by atoms with Gasteiger partial charge in [-0.05, 0) is 57.4 Å². The number of carbonyl (C=O) groups excluding carboxylic acids is 1. The van der Waals surface area contributed by atoms with Crippen LogP contribution in [0.1, 0.15) is 16.9 Å². The normalized spacial score (nSPS) is 10.6. The Balaban J connectivity index is 1.94. The molecule has 2 N–H and O–H groups in total. The van der Waals surface area contributed by atoms with Crippen molar-refractivity contribution in [3.05, 3.63) is 53.3 Å². The van der Waals surface area contributed by atoms with Crippen LogP contribution in [0.4, 0.5) is 11.4 Å². The number of nitrogens with one attached hydrogen (secondary N) is 2. The maximum atomic E-state index is 12.2. The van der Waals surface area contributed by atoms with Crippen molar-refractivity contribution in [2.24, 2.45) is 0 Å². The Morgan fingerprint density at radius 2 is 2.04 bits per heavy atom. The highest BCUT2D eigenvalue weighted by atomic mass is 35.5. The van der Waals surface area contributed by atoms with Gasteiger partial charge in [-0.15, -0.1) is 0 Å². The largest absolute Gasteiger partial charge is 0.385 e. The van der Waals surface area contributed by atoms with Gasteiger partial charge >= 0.3 is 0 Å². The van der Waals surface area contributed by atoms with Crippen LogP contribution < -0.4 is 10.6 Å². The number of benzene rings is 1. The van der Waals surface area contributed by atoms with Gasteiger partial charge < -0.3 is 15.5 Å². The molecule has 1 amide bonds. The van der Waals surface area contributed by atoms with Gasteiger partial charge in [0.05, 0.1) is 0 Å². The lowest BCUT2D eigenvalue weighted by atomic mass is 10.2. The van der Waals surface area contributed by atoms with Crippen molar-refractivity contribution in [3.8, 4) is 0 Å². The van der Waals surface area contributed by atoms with Gasteiger partial charge in [-0.3, -0.25) is 9.78 Å². The number of anilines is 2. The second-order valence-corrected chi connectivity index (χ2v) is 5.91. The molecule has 0 aliphatic rings. The first-order chi connectivity index (χ1) is 11.0. The number of nitrogens with zero attached hydrogens (tertiary/aromatic N) is 2. The first-order valence-corrected chi connectivity index (χ1v) is 7.84. The minimum Gasteiger partial charge on any atom is -0.385 e. The van der Waals surface area contributed by atoms with Crippen molar-refractivity contribution in [1.82, 2.24) is 9.88 Å². The smallest absolute Gasteiger partial charge is 0.274 e. The minimum atomic E-state index is -0.260. The van der Waals surface area contributed by atoms with E-state index in [1.807, 2.05) is 20.2 Å². The number of hydrogen-bond acceptors (Lipinski definition) is 4. The molecule has 0 saturated heterocycles. The average molecular weight is 333 g/mol. The van der Waals surface area contributed by atoms with E-state index in [0.29, 0.717) is 16.4 Å². The predicted octanol–water partition coefficient (Wildman–Crippen LogP) is 3.35. The summed E-state index contributed by atoms with van der Waals surface area (Å²) in [6.45, 7) is 1.86. The molecule has 1 aromatic heterocycles. The first kappa shape index (κ1) is 17.2. The van der Waals surface area contributed by atoms with Crippen molar-refractivity contribution >= 4 is 28.9 Å². The first-order valence-electron chi connectivity index (χ1n) is 7.46. The van der Waals surface area contributed by atoms with E-state index in [4.69, 9.17) is 11.6 Å². The lowest BCUT2D eigenvalue weighted by Gasteiger charge is -2.11. The Hall–Kier alpha value is -2.11. The molecule has 23 heavy (non-hydrogen) atoms. The van der Waals surface area contributed by atoms with Crippen LogP contribution in [0, 0.1) is 0 Å². The summed E-state index contributed by atoms with van der Waals surface area (Å²) in [5.74, 6) is -0.260. The number of halogens is 1. The van der Waals surface area contributed by atoms with Crippen LogP contribution in [0.5, 0.6) is 0 Å². The standard InChI is InChI=1S/C17H21ClN4O/c1-22(2)10-4-8-19-14-7-9-20-16(12-14)17(23)21-15-6-3-5-13(18)11-15/h3,5-7,9,11-12H,4,8,10H2,1-2H3,(H,19,20)(H,21,23). The molecule has 0 radical (unpaired) electrons. The summed E-state index contributed by atoms with van der Waals surface area (Å²) < 4.78 is 0. The fourth-order valence-electron chi connectivity index (χ4n) is 2.05. The summed E-state index contributed by atoms with van der Waals surface area (Å²) in [6.07, 6.45) is 2.65. The van der Waals surface area contributed by atoms with Gasteiger partial charge in [0.1, 0.15) is 5.69 Å². The van der Waals surface area contributed by atoms with E-state index < -0.39 is 0 Å². The van der Waals surface area contributed by atoms with Crippen LogP contribution >= 0.6 is 11.6 Å². The molecule has 5 nitrogen and oxygen atoms in total. The minimum absolute atomic E-state index is 0.260. The number of hydrogen-bond donors (Lipinski definition) is 2. The SMILES string of the molecule is CN(C)CCCNc1ccnc(C(=O)Nc2cccc(Cl)c2)c1. The molecule has 0 aliphatic carbocycles. The monoisotopic (exact) mass is 332 g/mol. The van der Waals surface area contributed by atoms with Gasteiger partial charge in [0, 0.05) is 29.1 Å². The van der Waals surface area contributed by atoms with E-state index in [2.05, 4.69) is 20.5 Å². The lowest BCUT2D eigenvalue weighted by Crippen LogP contribution is -2.17. The van der Waals surface area contributed by atoms with Crippen LogP contribution in [0.2, 0.25) is 5.02 Å². The average Bonchev–Trinajstić information content (AvgIpc) is 2.52. The summed E-state index contributed by atoms with van der Waals surface area (Å²) in [7, 11) is 4.09. The van der Waals surface area contributed by atoms with Gasteiger partial charge in [-0.1, -0.05) is 17.7 Å². The Labute approximate surface area is 141 Å². The Kier molecular flexibility index (Phi) is 6.38. The number of aromatic nitrogens is 1. The lowest BCUT2D eigenvalue weighted by molar-refractivity contribution is 0.102. The topological polar surface area (TPSA) is 57.3 Å². The molecule has 2 rings (SSSR count). The Bertz CT molecular complexity index is 661. The summed E-state index contributed by atoms with van der Waals surface area (Å²) >= 11 is 5.91. The maximum absolute atomic E-state index is 12.2. The van der Waals surface area contributed by atoms with E-state index in [1.54, 1.807) is 36.5 Å². The van der Waals surface area contributed by atoms with Gasteiger partial charge in [0.15, 0.2) is 0 Å². The summed E-state index contributed by atoms with van der Waals surface area (Å²) in [6, 6.07) is 10.6. The van der Waals surface area contributed by atoms with Crippen molar-refractivity contribution in [1.29, 1.82) is 0 Å². The van der Waals surface area contributed by atoms with Gasteiger partial charge in [-0.2, -0.15) is 0 Å². The summed E-state index contributed by atoms with van der Waals surface area (Å²) in [5, 5.41) is 6.66. The fourth-order valence-corrected chi connectivity index (χ4v) is 2.24. The third kappa shape index (κ3) is 5.88. The number of carbonyl (C=O) groups is 1. The van der Waals surface area contributed by atoms with E-state index in [0.717, 1.165) is 25.2 Å². The molecule has 1 aromatic carbocycles. The molecule has 122 valence electrons. The third-order valence-corrected chi connectivity index (χ3v) is 3.42. The molecule has 1 heterocycles. The molecule has 0 atom stereocenters. The molecule has 0 aliphatic heterocycles. The Morgan fingerprint density at radius 1 is 1.22 bits per heavy atom. The van der Waals surface area contributed by atoms with Crippen LogP contribution in [0.25, 0.3) is 0 Å². The zero-order chi connectivity index (χ0) is 16.7. The summed E-state index contributed by atoms with van der Waals surface area (Å²) in [4.78, 5) is 18.5.